The van der Waals surface area contributed by atoms with Crippen LogP contribution in [0.5, 0.6) is 0 Å². The highest BCUT2D eigenvalue weighted by molar-refractivity contribution is 5.80. The zero-order chi connectivity index (χ0) is 12.5. The molecule has 0 bridgehead atoms. The van der Waals surface area contributed by atoms with Gasteiger partial charge in [0.1, 0.15) is 0 Å². The van der Waals surface area contributed by atoms with E-state index in [2.05, 4.69) is 20.5 Å². The van der Waals surface area contributed by atoms with Crippen molar-refractivity contribution in [2.45, 2.75) is 6.54 Å². The van der Waals surface area contributed by atoms with Crippen LogP contribution in [0.1, 0.15) is 5.69 Å². The molecule has 1 aliphatic rings. The van der Waals surface area contributed by atoms with E-state index in [1.165, 1.54) is 0 Å². The number of pyridine rings is 1. The number of hydrogen-bond donors (Lipinski definition) is 1. The number of rotatable bonds is 2. The summed E-state index contributed by atoms with van der Waals surface area (Å²) in [5.41, 5.74) is 10.1. The lowest BCUT2D eigenvalue weighted by Gasteiger charge is -2.30. The number of aryl methyl sites for hydroxylation is 1. The maximum absolute atomic E-state index is 5.83. The predicted octanol–water partition coefficient (Wildman–Crippen LogP) is 0.869. The van der Waals surface area contributed by atoms with Crippen LogP contribution in [0.2, 0.25) is 0 Å². The van der Waals surface area contributed by atoms with E-state index >= 15 is 0 Å². The molecule has 0 radical (unpaired) electrons. The Morgan fingerprint density at radius 3 is 2.89 bits per heavy atom. The molecule has 0 saturated carbocycles. The highest BCUT2D eigenvalue weighted by Gasteiger charge is 2.16. The molecular weight excluding hydrogens is 228 g/mol. The topological polar surface area (TPSA) is 56.3 Å². The van der Waals surface area contributed by atoms with E-state index in [-0.39, 0.29) is 0 Å². The van der Waals surface area contributed by atoms with Gasteiger partial charge in [-0.05, 0) is 12.1 Å². The molecule has 2 aromatic rings. The Hall–Kier alpha value is -1.59. The van der Waals surface area contributed by atoms with Crippen LogP contribution in [0.15, 0.2) is 18.3 Å². The first-order chi connectivity index (χ1) is 8.79. The van der Waals surface area contributed by atoms with Gasteiger partial charge in [-0.3, -0.25) is 0 Å². The Kier molecular flexibility index (Phi) is 2.93. The van der Waals surface area contributed by atoms with Crippen molar-refractivity contribution in [3.63, 3.8) is 0 Å². The first kappa shape index (κ1) is 11.5. The number of nitrogens with two attached hydrogens (primary N) is 1. The van der Waals surface area contributed by atoms with Gasteiger partial charge in [0.2, 0.25) is 0 Å². The summed E-state index contributed by atoms with van der Waals surface area (Å²) in [7, 11) is 2.04. The number of nitrogens with zero attached hydrogens (tertiary/aromatic N) is 3. The van der Waals surface area contributed by atoms with Crippen molar-refractivity contribution in [3.05, 3.63) is 24.0 Å². The minimum absolute atomic E-state index is 0.470. The van der Waals surface area contributed by atoms with E-state index in [4.69, 9.17) is 10.5 Å². The molecule has 18 heavy (non-hydrogen) atoms. The third-order valence-corrected chi connectivity index (χ3v) is 3.47. The van der Waals surface area contributed by atoms with Crippen molar-refractivity contribution in [3.8, 4) is 0 Å². The fraction of sp³-hybridized carbons (Fsp3) is 0.462. The second-order valence-electron chi connectivity index (χ2n) is 4.59. The molecule has 0 spiro atoms. The van der Waals surface area contributed by atoms with Gasteiger partial charge in [0.05, 0.1) is 35.6 Å². The fourth-order valence-corrected chi connectivity index (χ4v) is 2.44. The third-order valence-electron chi connectivity index (χ3n) is 3.47. The third kappa shape index (κ3) is 1.85. The van der Waals surface area contributed by atoms with Crippen LogP contribution in [-0.4, -0.2) is 35.9 Å². The zero-order valence-electron chi connectivity index (χ0n) is 10.6. The van der Waals surface area contributed by atoms with Gasteiger partial charge >= 0.3 is 0 Å². The highest BCUT2D eigenvalue weighted by atomic mass is 16.5. The minimum atomic E-state index is 0.470. The molecule has 0 aromatic carbocycles. The molecule has 1 fully saturated rings. The summed E-state index contributed by atoms with van der Waals surface area (Å²) < 4.78 is 7.48. The normalized spacial score (nSPS) is 16.4. The minimum Gasteiger partial charge on any atom is -0.378 e. The molecule has 3 rings (SSSR count). The quantitative estimate of drug-likeness (QED) is 0.854. The molecule has 3 heterocycles. The SMILES string of the molecule is Cn1ccc2nc(CN)c(N3CCOCC3)cc21. The van der Waals surface area contributed by atoms with Crippen molar-refractivity contribution in [2.75, 3.05) is 31.2 Å². The van der Waals surface area contributed by atoms with E-state index < -0.39 is 0 Å². The lowest BCUT2D eigenvalue weighted by molar-refractivity contribution is 0.122. The highest BCUT2D eigenvalue weighted by Crippen LogP contribution is 2.25. The Labute approximate surface area is 106 Å². The molecule has 0 atom stereocenters. The van der Waals surface area contributed by atoms with E-state index in [1.54, 1.807) is 0 Å². The molecular formula is C13H18N4O. The summed E-state index contributed by atoms with van der Waals surface area (Å²) in [5.74, 6) is 0. The molecule has 96 valence electrons. The Balaban J connectivity index is 2.09. The number of hydrogen-bond acceptors (Lipinski definition) is 4. The predicted molar refractivity (Wildman–Crippen MR) is 71.6 cm³/mol. The van der Waals surface area contributed by atoms with Gasteiger partial charge in [0.15, 0.2) is 0 Å². The molecule has 1 aliphatic heterocycles. The summed E-state index contributed by atoms with van der Waals surface area (Å²) >= 11 is 0. The second kappa shape index (κ2) is 4.59. The first-order valence-electron chi connectivity index (χ1n) is 6.27. The summed E-state index contributed by atoms with van der Waals surface area (Å²) in [6.45, 7) is 3.83. The van der Waals surface area contributed by atoms with Gasteiger partial charge < -0.3 is 19.9 Å². The molecule has 0 aliphatic carbocycles. The number of fused-ring (bicyclic) bond motifs is 1. The zero-order valence-corrected chi connectivity index (χ0v) is 10.6. The van der Waals surface area contributed by atoms with Crippen LogP contribution in [0.25, 0.3) is 11.0 Å². The van der Waals surface area contributed by atoms with Crippen LogP contribution in [0.4, 0.5) is 5.69 Å². The number of morpholine rings is 1. The van der Waals surface area contributed by atoms with Gasteiger partial charge in [-0.2, -0.15) is 0 Å². The van der Waals surface area contributed by atoms with Crippen LogP contribution in [0, 0.1) is 0 Å². The second-order valence-corrected chi connectivity index (χ2v) is 4.59. The molecule has 1 saturated heterocycles. The van der Waals surface area contributed by atoms with E-state index in [0.717, 1.165) is 48.7 Å². The average Bonchev–Trinajstić information content (AvgIpc) is 2.79. The van der Waals surface area contributed by atoms with Gasteiger partial charge in [0, 0.05) is 32.9 Å². The van der Waals surface area contributed by atoms with Crippen LogP contribution < -0.4 is 10.6 Å². The van der Waals surface area contributed by atoms with Crippen molar-refractivity contribution in [1.82, 2.24) is 9.55 Å². The number of ether oxygens (including phenoxy) is 1. The summed E-state index contributed by atoms with van der Waals surface area (Å²) in [6.07, 6.45) is 2.03. The van der Waals surface area contributed by atoms with E-state index in [1.807, 2.05) is 19.3 Å². The number of anilines is 1. The fourth-order valence-electron chi connectivity index (χ4n) is 2.44. The van der Waals surface area contributed by atoms with Gasteiger partial charge in [-0.15, -0.1) is 0 Å². The first-order valence-corrected chi connectivity index (χ1v) is 6.27. The average molecular weight is 246 g/mol. The maximum atomic E-state index is 5.83. The molecule has 5 heteroatoms. The lowest BCUT2D eigenvalue weighted by atomic mass is 10.2. The van der Waals surface area contributed by atoms with E-state index in [0.29, 0.717) is 6.54 Å². The van der Waals surface area contributed by atoms with E-state index in [9.17, 15) is 0 Å². The molecule has 0 unspecified atom stereocenters. The monoisotopic (exact) mass is 246 g/mol. The molecule has 2 N–H and O–H groups in total. The van der Waals surface area contributed by atoms with Gasteiger partial charge in [0.25, 0.3) is 0 Å². The summed E-state index contributed by atoms with van der Waals surface area (Å²) in [6, 6.07) is 4.22. The maximum Gasteiger partial charge on any atom is 0.0886 e. The van der Waals surface area contributed by atoms with Crippen molar-refractivity contribution >= 4 is 16.7 Å². The summed E-state index contributed by atoms with van der Waals surface area (Å²) in [4.78, 5) is 6.97. The Morgan fingerprint density at radius 2 is 2.17 bits per heavy atom. The standard InChI is InChI=1S/C13H18N4O/c1-16-3-2-10-12(16)8-13(11(9-14)15-10)17-4-6-18-7-5-17/h2-3,8H,4-7,9,14H2,1H3. The smallest absolute Gasteiger partial charge is 0.0886 e. The van der Waals surface area contributed by atoms with Crippen molar-refractivity contribution in [2.24, 2.45) is 12.8 Å². The summed E-state index contributed by atoms with van der Waals surface area (Å²) in [5, 5.41) is 0. The van der Waals surface area contributed by atoms with Gasteiger partial charge in [-0.25, -0.2) is 4.98 Å². The molecule has 5 nitrogen and oxygen atoms in total. The van der Waals surface area contributed by atoms with Crippen LogP contribution in [0.3, 0.4) is 0 Å². The van der Waals surface area contributed by atoms with Crippen molar-refractivity contribution < 1.29 is 4.74 Å². The molecule has 0 amide bonds. The van der Waals surface area contributed by atoms with Crippen LogP contribution >= 0.6 is 0 Å². The largest absolute Gasteiger partial charge is 0.378 e. The lowest BCUT2D eigenvalue weighted by Crippen LogP contribution is -2.37. The Morgan fingerprint density at radius 1 is 1.39 bits per heavy atom. The Bertz CT molecular complexity index is 557. The van der Waals surface area contributed by atoms with Gasteiger partial charge in [-0.1, -0.05) is 0 Å². The van der Waals surface area contributed by atoms with Crippen LogP contribution in [-0.2, 0) is 18.3 Å². The van der Waals surface area contributed by atoms with Crippen molar-refractivity contribution in [1.29, 1.82) is 0 Å². The molecule has 2 aromatic heterocycles. The number of aromatic nitrogens is 2.